The van der Waals surface area contributed by atoms with E-state index in [-0.39, 0.29) is 17.8 Å². The maximum Gasteiger partial charge on any atom is 0.222 e. The molecule has 4 heteroatoms. The number of carbonyl (C=O) groups excluding carboxylic acids is 1. The number of aryl methyl sites for hydroxylation is 2. The van der Waals surface area contributed by atoms with Gasteiger partial charge < -0.3 is 10.0 Å². The molecule has 0 radical (unpaired) electrons. The minimum Gasteiger partial charge on any atom is -0.391 e. The van der Waals surface area contributed by atoms with Gasteiger partial charge in [0, 0.05) is 19.5 Å². The largest absolute Gasteiger partial charge is 0.391 e. The number of nitrogens with zero attached hydrogens (tertiary/aromatic N) is 1. The number of β-amino-alcohol motifs (C(OH)–C–C–N with tert-alkyl or cyclic N) is 1. The van der Waals surface area contributed by atoms with Crippen molar-refractivity contribution in [1.29, 1.82) is 0 Å². The Balaban J connectivity index is 1.87. The molecule has 3 nitrogen and oxygen atoms in total. The van der Waals surface area contributed by atoms with Gasteiger partial charge in [-0.2, -0.15) is 0 Å². The van der Waals surface area contributed by atoms with E-state index in [4.69, 9.17) is 0 Å². The highest BCUT2D eigenvalue weighted by molar-refractivity contribution is 5.76. The molecule has 1 N–H and O–H groups in total. The summed E-state index contributed by atoms with van der Waals surface area (Å²) < 4.78 is 13.1. The molecule has 1 fully saturated rings. The van der Waals surface area contributed by atoms with Crippen molar-refractivity contribution in [2.45, 2.75) is 38.7 Å². The third-order valence-corrected chi connectivity index (χ3v) is 3.60. The van der Waals surface area contributed by atoms with Crippen molar-refractivity contribution in [3.05, 3.63) is 35.1 Å². The molecule has 1 aromatic rings. The number of amides is 1. The Kier molecular flexibility index (Phi) is 4.53. The van der Waals surface area contributed by atoms with E-state index in [1.54, 1.807) is 24.0 Å². The van der Waals surface area contributed by atoms with Gasteiger partial charge in [-0.25, -0.2) is 4.39 Å². The average Bonchev–Trinajstić information content (AvgIpc) is 2.40. The molecule has 1 aliphatic heterocycles. The summed E-state index contributed by atoms with van der Waals surface area (Å²) >= 11 is 0. The molecule has 0 saturated carbocycles. The minimum atomic E-state index is -0.384. The molecule has 0 spiro atoms. The molecule has 1 heterocycles. The van der Waals surface area contributed by atoms with Gasteiger partial charge in [-0.3, -0.25) is 4.79 Å². The number of rotatable bonds is 3. The van der Waals surface area contributed by atoms with Gasteiger partial charge in [-0.15, -0.1) is 0 Å². The Hall–Kier alpha value is -1.42. The quantitative estimate of drug-likeness (QED) is 0.908. The van der Waals surface area contributed by atoms with E-state index in [9.17, 15) is 14.3 Å². The van der Waals surface area contributed by atoms with E-state index in [0.29, 0.717) is 24.9 Å². The van der Waals surface area contributed by atoms with Crippen molar-refractivity contribution in [3.8, 4) is 0 Å². The summed E-state index contributed by atoms with van der Waals surface area (Å²) in [6.45, 7) is 2.90. The molecule has 1 aromatic carbocycles. The Labute approximate surface area is 113 Å². The van der Waals surface area contributed by atoms with Gasteiger partial charge in [0.2, 0.25) is 5.91 Å². The van der Waals surface area contributed by atoms with E-state index >= 15 is 0 Å². The van der Waals surface area contributed by atoms with Crippen LogP contribution < -0.4 is 0 Å². The van der Waals surface area contributed by atoms with E-state index in [2.05, 4.69) is 0 Å². The molecule has 1 atom stereocenters. The van der Waals surface area contributed by atoms with Crippen molar-refractivity contribution in [2.24, 2.45) is 0 Å². The van der Waals surface area contributed by atoms with E-state index in [1.165, 1.54) is 6.07 Å². The number of piperidine rings is 1. The molecule has 19 heavy (non-hydrogen) atoms. The first kappa shape index (κ1) is 14.0. The summed E-state index contributed by atoms with van der Waals surface area (Å²) in [5.74, 6) is -0.144. The number of carbonyl (C=O) groups is 1. The number of hydrogen-bond donors (Lipinski definition) is 1. The monoisotopic (exact) mass is 265 g/mol. The average molecular weight is 265 g/mol. The van der Waals surface area contributed by atoms with Crippen LogP contribution in [0.2, 0.25) is 0 Å². The van der Waals surface area contributed by atoms with Gasteiger partial charge in [0.05, 0.1) is 6.10 Å². The van der Waals surface area contributed by atoms with Gasteiger partial charge in [0.1, 0.15) is 5.82 Å². The lowest BCUT2D eigenvalue weighted by atomic mass is 10.0. The molecule has 104 valence electrons. The van der Waals surface area contributed by atoms with E-state index in [1.807, 2.05) is 0 Å². The van der Waals surface area contributed by atoms with Crippen LogP contribution in [0.25, 0.3) is 0 Å². The van der Waals surface area contributed by atoms with Crippen molar-refractivity contribution in [1.82, 2.24) is 4.90 Å². The van der Waals surface area contributed by atoms with Crippen LogP contribution in [0.15, 0.2) is 18.2 Å². The lowest BCUT2D eigenvalue weighted by molar-refractivity contribution is -0.134. The predicted molar refractivity (Wildman–Crippen MR) is 71.3 cm³/mol. The SMILES string of the molecule is Cc1cc(CCC(=O)N2CCCC(O)C2)ccc1F. The second kappa shape index (κ2) is 6.15. The summed E-state index contributed by atoms with van der Waals surface area (Å²) in [5.41, 5.74) is 1.59. The highest BCUT2D eigenvalue weighted by atomic mass is 19.1. The first-order valence-electron chi connectivity index (χ1n) is 6.77. The van der Waals surface area contributed by atoms with E-state index in [0.717, 1.165) is 24.9 Å². The number of halogens is 1. The lowest BCUT2D eigenvalue weighted by Crippen LogP contribution is -2.42. The third-order valence-electron chi connectivity index (χ3n) is 3.60. The zero-order valence-electron chi connectivity index (χ0n) is 11.2. The zero-order valence-corrected chi connectivity index (χ0v) is 11.2. The summed E-state index contributed by atoms with van der Waals surface area (Å²) in [7, 11) is 0. The molecule has 2 rings (SSSR count). The van der Waals surface area contributed by atoms with Crippen molar-refractivity contribution in [2.75, 3.05) is 13.1 Å². The van der Waals surface area contributed by atoms with Crippen LogP contribution in [-0.2, 0) is 11.2 Å². The second-order valence-electron chi connectivity index (χ2n) is 5.22. The van der Waals surface area contributed by atoms with Crippen LogP contribution in [0.5, 0.6) is 0 Å². The fraction of sp³-hybridized carbons (Fsp3) is 0.533. The summed E-state index contributed by atoms with van der Waals surface area (Å²) in [6.07, 6.45) is 2.29. The number of aliphatic hydroxyl groups is 1. The number of aliphatic hydroxyl groups excluding tert-OH is 1. The zero-order chi connectivity index (χ0) is 13.8. The van der Waals surface area contributed by atoms with Crippen LogP contribution in [-0.4, -0.2) is 35.1 Å². The molecule has 1 amide bonds. The van der Waals surface area contributed by atoms with Crippen LogP contribution >= 0.6 is 0 Å². The Bertz CT molecular complexity index is 461. The smallest absolute Gasteiger partial charge is 0.222 e. The molecular formula is C15H20FNO2. The minimum absolute atomic E-state index is 0.0701. The topological polar surface area (TPSA) is 40.5 Å². The maximum absolute atomic E-state index is 13.1. The normalized spacial score (nSPS) is 19.5. The molecule has 0 bridgehead atoms. The first-order valence-corrected chi connectivity index (χ1v) is 6.77. The van der Waals surface area contributed by atoms with Crippen molar-refractivity contribution in [3.63, 3.8) is 0 Å². The fourth-order valence-electron chi connectivity index (χ4n) is 2.45. The van der Waals surface area contributed by atoms with Crippen LogP contribution in [0, 0.1) is 12.7 Å². The molecule has 1 aliphatic rings. The summed E-state index contributed by atoms with van der Waals surface area (Å²) in [4.78, 5) is 13.7. The third kappa shape index (κ3) is 3.77. The maximum atomic E-state index is 13.1. The van der Waals surface area contributed by atoms with Gasteiger partial charge in [-0.05, 0) is 43.4 Å². The Morgan fingerprint density at radius 1 is 1.53 bits per heavy atom. The number of benzene rings is 1. The van der Waals surface area contributed by atoms with E-state index < -0.39 is 0 Å². The van der Waals surface area contributed by atoms with Crippen LogP contribution in [0.1, 0.15) is 30.4 Å². The second-order valence-corrected chi connectivity index (χ2v) is 5.22. The first-order chi connectivity index (χ1) is 9.06. The molecule has 0 aromatic heterocycles. The van der Waals surface area contributed by atoms with Crippen LogP contribution in [0.4, 0.5) is 4.39 Å². The Morgan fingerprint density at radius 2 is 2.32 bits per heavy atom. The van der Waals surface area contributed by atoms with Crippen molar-refractivity contribution < 1.29 is 14.3 Å². The van der Waals surface area contributed by atoms with Crippen LogP contribution in [0.3, 0.4) is 0 Å². The van der Waals surface area contributed by atoms with Crippen molar-refractivity contribution >= 4 is 5.91 Å². The molecular weight excluding hydrogens is 245 g/mol. The number of hydrogen-bond acceptors (Lipinski definition) is 2. The molecule has 0 aliphatic carbocycles. The molecule has 1 unspecified atom stereocenters. The lowest BCUT2D eigenvalue weighted by Gasteiger charge is -2.30. The predicted octanol–water partition coefficient (Wildman–Crippen LogP) is 2.05. The standard InChI is InChI=1S/C15H20FNO2/c1-11-9-12(4-6-14(11)16)5-7-15(19)17-8-2-3-13(18)10-17/h4,6,9,13,18H,2-3,5,7-8,10H2,1H3. The van der Waals surface area contributed by atoms with Gasteiger partial charge in [0.25, 0.3) is 0 Å². The summed E-state index contributed by atoms with van der Waals surface area (Å²) in [6, 6.07) is 4.95. The Morgan fingerprint density at radius 3 is 3.00 bits per heavy atom. The highest BCUT2D eigenvalue weighted by Crippen LogP contribution is 2.14. The van der Waals surface area contributed by atoms with Gasteiger partial charge in [0.15, 0.2) is 0 Å². The fourth-order valence-corrected chi connectivity index (χ4v) is 2.45. The summed E-state index contributed by atoms with van der Waals surface area (Å²) in [5, 5.41) is 9.55. The van der Waals surface area contributed by atoms with Gasteiger partial charge in [-0.1, -0.05) is 12.1 Å². The molecule has 1 saturated heterocycles. The highest BCUT2D eigenvalue weighted by Gasteiger charge is 2.21. The number of likely N-dealkylation sites (tertiary alicyclic amines) is 1. The van der Waals surface area contributed by atoms with Gasteiger partial charge >= 0.3 is 0 Å².